The van der Waals surface area contributed by atoms with E-state index in [0.717, 1.165) is 38.5 Å². The van der Waals surface area contributed by atoms with Gasteiger partial charge >= 0.3 is 0 Å². The Hall–Kier alpha value is -0.730. The van der Waals surface area contributed by atoms with Crippen LogP contribution in [0.3, 0.4) is 0 Å². The Morgan fingerprint density at radius 2 is 1.81 bits per heavy atom. The van der Waals surface area contributed by atoms with Crippen molar-refractivity contribution in [2.75, 3.05) is 0 Å². The lowest BCUT2D eigenvalue weighted by Gasteiger charge is -2.21. The number of ketones is 1. The highest BCUT2D eigenvalue weighted by Gasteiger charge is 2.26. The van der Waals surface area contributed by atoms with Crippen molar-refractivity contribution in [3.05, 3.63) is 11.7 Å². The van der Waals surface area contributed by atoms with Gasteiger partial charge in [-0.05, 0) is 25.7 Å². The van der Waals surface area contributed by atoms with Crippen LogP contribution in [0.2, 0.25) is 0 Å². The second-order valence-electron chi connectivity index (χ2n) is 4.54. The van der Waals surface area contributed by atoms with Gasteiger partial charge in [-0.2, -0.15) is 8.78 Å². The lowest BCUT2D eigenvalue weighted by Crippen LogP contribution is -2.20. The number of allylic oxidation sites excluding steroid dienone is 1. The molecule has 0 saturated heterocycles. The number of halogens is 2. The molecule has 16 heavy (non-hydrogen) atoms. The van der Waals surface area contributed by atoms with Crippen molar-refractivity contribution in [3.63, 3.8) is 0 Å². The Balaban J connectivity index is 2.63. The molecule has 0 aromatic rings. The summed E-state index contributed by atoms with van der Waals surface area (Å²) in [5.41, 5.74) is -0.200. The second-order valence-corrected chi connectivity index (χ2v) is 4.54. The zero-order valence-electron chi connectivity index (χ0n) is 9.90. The largest absolute Gasteiger partial charge is 0.294 e. The average Bonchev–Trinajstić information content (AvgIpc) is 2.30. The molecular formula is C13H20F2O. The molecule has 0 aromatic heterocycles. The van der Waals surface area contributed by atoms with Crippen LogP contribution in [0.1, 0.15) is 58.3 Å². The zero-order chi connectivity index (χ0) is 12.0. The predicted octanol–water partition coefficient (Wildman–Crippen LogP) is 4.48. The molecule has 0 bridgehead atoms. The van der Waals surface area contributed by atoms with E-state index >= 15 is 0 Å². The van der Waals surface area contributed by atoms with Crippen LogP contribution in [0.25, 0.3) is 0 Å². The molecular weight excluding hydrogens is 210 g/mol. The highest BCUT2D eigenvalue weighted by Crippen LogP contribution is 2.29. The average molecular weight is 230 g/mol. The van der Waals surface area contributed by atoms with E-state index in [0.29, 0.717) is 6.42 Å². The van der Waals surface area contributed by atoms with Gasteiger partial charge < -0.3 is 0 Å². The summed E-state index contributed by atoms with van der Waals surface area (Å²) in [4.78, 5) is 11.9. The molecule has 0 aliphatic heterocycles. The summed E-state index contributed by atoms with van der Waals surface area (Å²) in [7, 11) is 0. The Kier molecular flexibility index (Phi) is 5.64. The third-order valence-corrected chi connectivity index (χ3v) is 3.28. The third-order valence-electron chi connectivity index (χ3n) is 3.28. The summed E-state index contributed by atoms with van der Waals surface area (Å²) >= 11 is 0. The third kappa shape index (κ3) is 3.69. The van der Waals surface area contributed by atoms with E-state index in [1.165, 1.54) is 0 Å². The molecule has 3 heteroatoms. The van der Waals surface area contributed by atoms with E-state index in [9.17, 15) is 13.6 Å². The van der Waals surface area contributed by atoms with Crippen molar-refractivity contribution < 1.29 is 13.6 Å². The zero-order valence-corrected chi connectivity index (χ0v) is 9.90. The highest BCUT2D eigenvalue weighted by atomic mass is 19.3. The minimum atomic E-state index is -1.76. The molecule has 0 unspecified atom stereocenters. The molecule has 0 N–H and O–H groups in total. The maximum absolute atomic E-state index is 12.7. The molecule has 0 aromatic carbocycles. The molecule has 1 aliphatic carbocycles. The summed E-state index contributed by atoms with van der Waals surface area (Å²) < 4.78 is 25.4. The summed E-state index contributed by atoms with van der Waals surface area (Å²) in [5, 5.41) is 0. The number of carbonyl (C=O) groups excluding carboxylic acids is 1. The van der Waals surface area contributed by atoms with Crippen LogP contribution < -0.4 is 0 Å². The lowest BCUT2D eigenvalue weighted by atomic mass is 9.83. The van der Waals surface area contributed by atoms with Crippen molar-refractivity contribution in [2.45, 2.75) is 58.3 Å². The van der Waals surface area contributed by atoms with Crippen LogP contribution in [-0.2, 0) is 4.79 Å². The van der Waals surface area contributed by atoms with Crippen LogP contribution in [0.5, 0.6) is 0 Å². The van der Waals surface area contributed by atoms with Gasteiger partial charge in [0.15, 0.2) is 5.78 Å². The molecule has 0 amide bonds. The molecule has 1 rings (SSSR count). The molecule has 0 atom stereocenters. The Morgan fingerprint density at radius 1 is 1.19 bits per heavy atom. The second kappa shape index (κ2) is 6.77. The van der Waals surface area contributed by atoms with Gasteiger partial charge in [0.05, 0.1) is 5.57 Å². The molecule has 92 valence electrons. The topological polar surface area (TPSA) is 17.1 Å². The van der Waals surface area contributed by atoms with Gasteiger partial charge in [-0.1, -0.05) is 32.6 Å². The fraction of sp³-hybridized carbons (Fsp3) is 0.769. The maximum Gasteiger partial charge on any atom is 0.277 e. The molecule has 0 spiro atoms. The van der Waals surface area contributed by atoms with Crippen LogP contribution in [-0.4, -0.2) is 5.78 Å². The van der Waals surface area contributed by atoms with E-state index in [1.807, 2.05) is 6.92 Å². The van der Waals surface area contributed by atoms with Crippen molar-refractivity contribution in [2.24, 2.45) is 5.92 Å². The molecule has 0 heterocycles. The maximum atomic E-state index is 12.7. The monoisotopic (exact) mass is 230 g/mol. The fourth-order valence-electron chi connectivity index (χ4n) is 2.28. The highest BCUT2D eigenvalue weighted by molar-refractivity contribution is 5.97. The number of rotatable bonds is 5. The summed E-state index contributed by atoms with van der Waals surface area (Å²) in [6.45, 7) is 1.94. The van der Waals surface area contributed by atoms with E-state index in [2.05, 4.69) is 0 Å². The van der Waals surface area contributed by atoms with Crippen molar-refractivity contribution in [1.82, 2.24) is 0 Å². The van der Waals surface area contributed by atoms with Gasteiger partial charge in [-0.25, -0.2) is 0 Å². The van der Waals surface area contributed by atoms with Gasteiger partial charge in [0, 0.05) is 5.92 Å². The van der Waals surface area contributed by atoms with Gasteiger partial charge in [-0.15, -0.1) is 0 Å². The molecule has 1 saturated carbocycles. The van der Waals surface area contributed by atoms with Crippen molar-refractivity contribution in [3.8, 4) is 0 Å². The quantitative estimate of drug-likeness (QED) is 0.636. The van der Waals surface area contributed by atoms with E-state index in [4.69, 9.17) is 0 Å². The van der Waals surface area contributed by atoms with Crippen LogP contribution >= 0.6 is 0 Å². The van der Waals surface area contributed by atoms with Gasteiger partial charge in [0.25, 0.3) is 6.08 Å². The standard InChI is InChI=1S/C13H20F2O/c1-2-3-9-11(13(14)15)12(16)10-7-5-4-6-8-10/h10H,2-9H2,1H3. The van der Waals surface area contributed by atoms with Gasteiger partial charge in [0.2, 0.25) is 0 Å². The van der Waals surface area contributed by atoms with Crippen molar-refractivity contribution >= 4 is 5.78 Å². The predicted molar refractivity (Wildman–Crippen MR) is 60.3 cm³/mol. The number of Topliss-reactive ketones (excluding diaryl/α,β-unsaturated/α-hetero) is 1. The Bertz CT molecular complexity index is 261. The first-order valence-corrected chi connectivity index (χ1v) is 6.25. The van der Waals surface area contributed by atoms with Crippen LogP contribution in [0.15, 0.2) is 11.7 Å². The van der Waals surface area contributed by atoms with Crippen molar-refractivity contribution in [1.29, 1.82) is 0 Å². The van der Waals surface area contributed by atoms with Crippen LogP contribution in [0, 0.1) is 5.92 Å². The molecule has 1 fully saturated rings. The number of carbonyl (C=O) groups is 1. The SMILES string of the molecule is CCCCC(C(=O)C1CCCCC1)=C(F)F. The molecule has 1 nitrogen and oxygen atoms in total. The van der Waals surface area contributed by atoms with E-state index in [1.54, 1.807) is 0 Å². The van der Waals surface area contributed by atoms with E-state index < -0.39 is 6.08 Å². The summed E-state index contributed by atoms with van der Waals surface area (Å²) in [6, 6.07) is 0. The molecule has 1 aliphatic rings. The number of hydrogen-bond donors (Lipinski definition) is 0. The smallest absolute Gasteiger partial charge is 0.277 e. The normalized spacial score (nSPS) is 17.2. The number of unbranched alkanes of at least 4 members (excludes halogenated alkanes) is 1. The van der Waals surface area contributed by atoms with Gasteiger partial charge in [-0.3, -0.25) is 4.79 Å². The van der Waals surface area contributed by atoms with E-state index in [-0.39, 0.29) is 23.7 Å². The number of hydrogen-bond acceptors (Lipinski definition) is 1. The first-order chi connectivity index (χ1) is 7.66. The van der Waals surface area contributed by atoms with Gasteiger partial charge in [0.1, 0.15) is 0 Å². The fourth-order valence-corrected chi connectivity index (χ4v) is 2.28. The molecule has 0 radical (unpaired) electrons. The minimum absolute atomic E-state index is 0.137. The first-order valence-electron chi connectivity index (χ1n) is 6.25. The summed E-state index contributed by atoms with van der Waals surface area (Å²) in [5.74, 6) is -0.421. The summed E-state index contributed by atoms with van der Waals surface area (Å²) in [6.07, 6.45) is 4.73. The van der Waals surface area contributed by atoms with Crippen LogP contribution in [0.4, 0.5) is 8.78 Å². The first kappa shape index (κ1) is 13.3. The Labute approximate surface area is 95.9 Å². The minimum Gasteiger partial charge on any atom is -0.294 e. The lowest BCUT2D eigenvalue weighted by molar-refractivity contribution is -0.120. The Morgan fingerprint density at radius 3 is 2.31 bits per heavy atom.